The van der Waals surface area contributed by atoms with E-state index in [9.17, 15) is 14.4 Å². The van der Waals surface area contributed by atoms with Crippen molar-refractivity contribution in [1.82, 2.24) is 20.1 Å². The minimum absolute atomic E-state index is 0.0977. The Labute approximate surface area is 196 Å². The zero-order chi connectivity index (χ0) is 22.6. The van der Waals surface area contributed by atoms with E-state index in [4.69, 9.17) is 0 Å². The SMILES string of the molecule is CSCCC(=O)N1CCC(C2(c3cccnc3)NC(=O)N(CCc3cccs3)C2=O)CC1. The van der Waals surface area contributed by atoms with Crippen LogP contribution in [0.5, 0.6) is 0 Å². The van der Waals surface area contributed by atoms with Crippen LogP contribution in [-0.4, -0.2) is 64.3 Å². The summed E-state index contributed by atoms with van der Waals surface area (Å²) >= 11 is 3.29. The van der Waals surface area contributed by atoms with Crippen LogP contribution in [0.25, 0.3) is 0 Å². The molecule has 2 aliphatic rings. The van der Waals surface area contributed by atoms with Crippen molar-refractivity contribution < 1.29 is 14.4 Å². The molecular weight excluding hydrogens is 444 g/mol. The van der Waals surface area contributed by atoms with Crippen molar-refractivity contribution in [3.05, 3.63) is 52.5 Å². The number of imide groups is 1. The summed E-state index contributed by atoms with van der Waals surface area (Å²) in [7, 11) is 0. The van der Waals surface area contributed by atoms with Gasteiger partial charge in [-0.1, -0.05) is 12.1 Å². The van der Waals surface area contributed by atoms with E-state index in [0.29, 0.717) is 50.9 Å². The molecule has 0 aliphatic carbocycles. The van der Waals surface area contributed by atoms with Gasteiger partial charge in [0.2, 0.25) is 5.91 Å². The Hall–Kier alpha value is -2.39. The predicted octanol–water partition coefficient (Wildman–Crippen LogP) is 3.12. The van der Waals surface area contributed by atoms with Crippen molar-refractivity contribution in [1.29, 1.82) is 0 Å². The molecule has 0 aromatic carbocycles. The van der Waals surface area contributed by atoms with Crippen molar-refractivity contribution in [2.24, 2.45) is 5.92 Å². The van der Waals surface area contributed by atoms with E-state index in [1.54, 1.807) is 41.6 Å². The maximum atomic E-state index is 13.8. The number of urea groups is 1. The molecule has 170 valence electrons. The first kappa shape index (κ1) is 22.8. The number of piperidine rings is 1. The van der Waals surface area contributed by atoms with Crippen LogP contribution in [0.4, 0.5) is 4.79 Å². The minimum Gasteiger partial charge on any atom is -0.343 e. The Morgan fingerprint density at radius 2 is 2.09 bits per heavy atom. The molecule has 4 heterocycles. The molecule has 1 atom stereocenters. The molecule has 0 radical (unpaired) electrons. The van der Waals surface area contributed by atoms with Crippen LogP contribution < -0.4 is 5.32 Å². The summed E-state index contributed by atoms with van der Waals surface area (Å²) in [5.74, 6) is 0.665. The van der Waals surface area contributed by atoms with Crippen LogP contribution in [0.3, 0.4) is 0 Å². The second kappa shape index (κ2) is 10.0. The van der Waals surface area contributed by atoms with E-state index >= 15 is 0 Å². The number of thioether (sulfide) groups is 1. The van der Waals surface area contributed by atoms with Gasteiger partial charge in [0.15, 0.2) is 5.54 Å². The summed E-state index contributed by atoms with van der Waals surface area (Å²) in [6.07, 6.45) is 7.83. The first-order chi connectivity index (χ1) is 15.6. The molecule has 0 spiro atoms. The molecule has 4 amide bonds. The molecule has 2 aromatic heterocycles. The number of amides is 4. The number of pyridine rings is 1. The van der Waals surface area contributed by atoms with Gasteiger partial charge in [-0.25, -0.2) is 4.79 Å². The third-order valence-electron chi connectivity index (χ3n) is 6.39. The molecule has 32 heavy (non-hydrogen) atoms. The van der Waals surface area contributed by atoms with E-state index in [1.165, 1.54) is 4.90 Å². The summed E-state index contributed by atoms with van der Waals surface area (Å²) in [6, 6.07) is 7.30. The molecule has 1 unspecified atom stereocenters. The molecule has 4 rings (SSSR count). The monoisotopic (exact) mass is 472 g/mol. The Morgan fingerprint density at radius 1 is 1.28 bits per heavy atom. The molecule has 7 nitrogen and oxygen atoms in total. The quantitative estimate of drug-likeness (QED) is 0.597. The first-order valence-electron chi connectivity index (χ1n) is 10.9. The second-order valence-electron chi connectivity index (χ2n) is 8.16. The molecule has 2 aliphatic heterocycles. The fraction of sp³-hybridized carbons (Fsp3) is 0.478. The average molecular weight is 473 g/mol. The lowest BCUT2D eigenvalue weighted by Gasteiger charge is -2.41. The van der Waals surface area contributed by atoms with Gasteiger partial charge in [-0.15, -0.1) is 11.3 Å². The number of carbonyl (C=O) groups is 3. The molecular formula is C23H28N4O3S2. The van der Waals surface area contributed by atoms with Crippen molar-refractivity contribution >= 4 is 40.9 Å². The van der Waals surface area contributed by atoms with E-state index < -0.39 is 5.54 Å². The van der Waals surface area contributed by atoms with E-state index in [1.807, 2.05) is 34.7 Å². The van der Waals surface area contributed by atoms with Gasteiger partial charge in [-0.3, -0.25) is 19.5 Å². The molecule has 9 heteroatoms. The number of nitrogens with zero attached hydrogens (tertiary/aromatic N) is 3. The minimum atomic E-state index is -1.13. The zero-order valence-electron chi connectivity index (χ0n) is 18.2. The zero-order valence-corrected chi connectivity index (χ0v) is 19.8. The number of rotatable bonds is 8. The average Bonchev–Trinajstić information content (AvgIpc) is 3.43. The third kappa shape index (κ3) is 4.41. The predicted molar refractivity (Wildman–Crippen MR) is 126 cm³/mol. The van der Waals surface area contributed by atoms with Gasteiger partial charge in [-0.2, -0.15) is 11.8 Å². The number of likely N-dealkylation sites (tertiary alicyclic amines) is 1. The van der Waals surface area contributed by atoms with Crippen LogP contribution in [0, 0.1) is 5.92 Å². The number of thiophene rings is 1. The number of aromatic nitrogens is 1. The third-order valence-corrected chi connectivity index (χ3v) is 7.94. The Balaban J connectivity index is 1.54. The van der Waals surface area contributed by atoms with E-state index in [0.717, 1.165) is 10.6 Å². The Morgan fingerprint density at radius 3 is 2.75 bits per heavy atom. The van der Waals surface area contributed by atoms with Gasteiger partial charge in [0.25, 0.3) is 5.91 Å². The summed E-state index contributed by atoms with van der Waals surface area (Å²) in [5.41, 5.74) is -0.418. The highest BCUT2D eigenvalue weighted by Crippen LogP contribution is 2.41. The van der Waals surface area contributed by atoms with Crippen LogP contribution in [0.15, 0.2) is 42.0 Å². The molecule has 2 saturated heterocycles. The van der Waals surface area contributed by atoms with Gasteiger partial charge in [-0.05, 0) is 48.9 Å². The van der Waals surface area contributed by atoms with Crippen molar-refractivity contribution in [3.63, 3.8) is 0 Å². The van der Waals surface area contributed by atoms with E-state index in [-0.39, 0.29) is 23.8 Å². The fourth-order valence-corrected chi connectivity index (χ4v) is 5.77. The lowest BCUT2D eigenvalue weighted by molar-refractivity contribution is -0.136. The van der Waals surface area contributed by atoms with Crippen molar-refractivity contribution in [2.45, 2.75) is 31.2 Å². The van der Waals surface area contributed by atoms with Crippen LogP contribution >= 0.6 is 23.1 Å². The van der Waals surface area contributed by atoms with Crippen molar-refractivity contribution in [3.8, 4) is 0 Å². The molecule has 2 aromatic rings. The highest BCUT2D eigenvalue weighted by Gasteiger charge is 2.57. The first-order valence-corrected chi connectivity index (χ1v) is 13.2. The molecule has 1 N–H and O–H groups in total. The number of hydrogen-bond donors (Lipinski definition) is 1. The summed E-state index contributed by atoms with van der Waals surface area (Å²) in [5, 5.41) is 5.05. The largest absolute Gasteiger partial charge is 0.343 e. The van der Waals surface area contributed by atoms with Crippen LogP contribution in [0.1, 0.15) is 29.7 Å². The van der Waals surface area contributed by atoms with Gasteiger partial charge in [0, 0.05) is 54.6 Å². The maximum Gasteiger partial charge on any atom is 0.325 e. The Kier molecular flexibility index (Phi) is 7.15. The highest BCUT2D eigenvalue weighted by atomic mass is 32.2. The topological polar surface area (TPSA) is 82.6 Å². The Bertz CT molecular complexity index is 945. The van der Waals surface area contributed by atoms with Crippen molar-refractivity contribution in [2.75, 3.05) is 31.6 Å². The smallest absolute Gasteiger partial charge is 0.325 e. The normalized spacial score (nSPS) is 21.8. The lowest BCUT2D eigenvalue weighted by atomic mass is 9.73. The van der Waals surface area contributed by atoms with Gasteiger partial charge < -0.3 is 10.2 Å². The van der Waals surface area contributed by atoms with Crippen LogP contribution in [0.2, 0.25) is 0 Å². The van der Waals surface area contributed by atoms with Gasteiger partial charge in [0.05, 0.1) is 0 Å². The van der Waals surface area contributed by atoms with E-state index in [2.05, 4.69) is 10.3 Å². The maximum absolute atomic E-state index is 13.8. The lowest BCUT2D eigenvalue weighted by Crippen LogP contribution is -2.54. The number of hydrogen-bond acceptors (Lipinski definition) is 6. The number of nitrogens with one attached hydrogen (secondary N) is 1. The summed E-state index contributed by atoms with van der Waals surface area (Å²) in [6.45, 7) is 1.54. The van der Waals surface area contributed by atoms with Gasteiger partial charge in [0.1, 0.15) is 0 Å². The summed E-state index contributed by atoms with van der Waals surface area (Å²) in [4.78, 5) is 47.8. The molecule has 0 saturated carbocycles. The van der Waals surface area contributed by atoms with Crippen LogP contribution in [-0.2, 0) is 21.5 Å². The van der Waals surface area contributed by atoms with Gasteiger partial charge >= 0.3 is 6.03 Å². The second-order valence-corrected chi connectivity index (χ2v) is 10.2. The highest BCUT2D eigenvalue weighted by molar-refractivity contribution is 7.98. The standard InChI is InChI=1S/C23H28N4O3S2/c1-31-15-9-20(28)26-11-6-17(7-12-26)23(18-4-2-10-24-16-18)21(29)27(22(30)25-23)13-8-19-5-3-14-32-19/h2-5,10,14,16-17H,6-9,11-13,15H2,1H3,(H,25,30). The summed E-state index contributed by atoms with van der Waals surface area (Å²) < 4.78 is 0. The molecule has 2 fully saturated rings. The fourth-order valence-electron chi connectivity index (χ4n) is 4.69. The number of carbonyl (C=O) groups excluding carboxylic acids is 3. The molecule has 0 bridgehead atoms.